The van der Waals surface area contributed by atoms with Gasteiger partial charge in [-0.2, -0.15) is 11.8 Å². The van der Waals surface area contributed by atoms with E-state index in [-0.39, 0.29) is 6.04 Å². The van der Waals surface area contributed by atoms with E-state index >= 15 is 0 Å². The fourth-order valence-electron chi connectivity index (χ4n) is 3.30. The molecule has 0 saturated heterocycles. The minimum absolute atomic E-state index is 0.266. The lowest BCUT2D eigenvalue weighted by Crippen LogP contribution is -2.27. The highest BCUT2D eigenvalue weighted by atomic mass is 32.2. The zero-order valence-corrected chi connectivity index (χ0v) is 13.4. The average Bonchev–Trinajstić information content (AvgIpc) is 2.54. The maximum Gasteiger partial charge on any atom is 0.0171 e. The van der Waals surface area contributed by atoms with Gasteiger partial charge in [-0.1, -0.05) is 61.7 Å². The summed E-state index contributed by atoms with van der Waals surface area (Å²) in [5, 5.41) is 3.54. The Hall–Kier alpha value is -0.990. The van der Waals surface area contributed by atoms with Crippen LogP contribution in [0.5, 0.6) is 0 Å². The largest absolute Gasteiger partial charge is 0.327 e. The molecule has 0 amide bonds. The molecular formula is C19H25NS. The molecule has 2 aromatic rings. The number of hydrogen-bond acceptors (Lipinski definition) is 2. The van der Waals surface area contributed by atoms with Crippen LogP contribution in [-0.4, -0.2) is 17.0 Å². The Morgan fingerprint density at radius 1 is 1.00 bits per heavy atom. The zero-order valence-electron chi connectivity index (χ0n) is 12.6. The molecule has 0 radical (unpaired) electrons. The van der Waals surface area contributed by atoms with E-state index in [0.717, 1.165) is 17.4 Å². The quantitative estimate of drug-likeness (QED) is 0.860. The van der Waals surface area contributed by atoms with E-state index in [4.69, 9.17) is 5.73 Å². The maximum atomic E-state index is 6.39. The second kappa shape index (κ2) is 7.33. The van der Waals surface area contributed by atoms with E-state index in [2.05, 4.69) is 54.2 Å². The van der Waals surface area contributed by atoms with E-state index < -0.39 is 0 Å². The molecule has 1 atom stereocenters. The number of rotatable bonds is 5. The minimum atomic E-state index is 0.266. The summed E-state index contributed by atoms with van der Waals surface area (Å²) in [6, 6.07) is 15.4. The van der Waals surface area contributed by atoms with Crippen LogP contribution in [0, 0.1) is 0 Å². The highest BCUT2D eigenvalue weighted by Crippen LogP contribution is 2.29. The molecule has 112 valence electrons. The van der Waals surface area contributed by atoms with Crippen LogP contribution in [0.2, 0.25) is 0 Å². The number of benzene rings is 2. The Bertz CT molecular complexity index is 569. The predicted octanol–water partition coefficient (Wildman–Crippen LogP) is 4.78. The van der Waals surface area contributed by atoms with Crippen molar-refractivity contribution in [3.05, 3.63) is 48.0 Å². The third-order valence-electron chi connectivity index (χ3n) is 4.46. The van der Waals surface area contributed by atoms with Crippen LogP contribution in [-0.2, 0) is 6.42 Å². The molecule has 1 nitrogen and oxygen atoms in total. The first-order valence-corrected chi connectivity index (χ1v) is 9.21. The van der Waals surface area contributed by atoms with Crippen LogP contribution in [0.25, 0.3) is 10.8 Å². The van der Waals surface area contributed by atoms with Gasteiger partial charge in [0.2, 0.25) is 0 Å². The molecule has 1 aliphatic rings. The van der Waals surface area contributed by atoms with Crippen LogP contribution in [0.3, 0.4) is 0 Å². The summed E-state index contributed by atoms with van der Waals surface area (Å²) >= 11 is 2.11. The van der Waals surface area contributed by atoms with E-state index in [1.54, 1.807) is 0 Å². The molecule has 0 spiro atoms. The second-order valence-electron chi connectivity index (χ2n) is 6.20. The van der Waals surface area contributed by atoms with Gasteiger partial charge in [0.25, 0.3) is 0 Å². The van der Waals surface area contributed by atoms with E-state index in [9.17, 15) is 0 Å². The van der Waals surface area contributed by atoms with Crippen molar-refractivity contribution in [1.82, 2.24) is 0 Å². The lowest BCUT2D eigenvalue weighted by molar-refractivity contribution is 0.515. The second-order valence-corrected chi connectivity index (χ2v) is 7.53. The Morgan fingerprint density at radius 2 is 1.76 bits per heavy atom. The molecule has 21 heavy (non-hydrogen) atoms. The van der Waals surface area contributed by atoms with Crippen LogP contribution >= 0.6 is 11.8 Å². The van der Waals surface area contributed by atoms with Crippen molar-refractivity contribution < 1.29 is 0 Å². The van der Waals surface area contributed by atoms with Gasteiger partial charge in [0.15, 0.2) is 0 Å². The van der Waals surface area contributed by atoms with Crippen LogP contribution < -0.4 is 5.73 Å². The molecule has 0 aliphatic heterocycles. The van der Waals surface area contributed by atoms with E-state index in [1.165, 1.54) is 48.4 Å². The van der Waals surface area contributed by atoms with Crippen molar-refractivity contribution in [3.8, 4) is 0 Å². The fourth-order valence-corrected chi connectivity index (χ4v) is 4.61. The third kappa shape index (κ3) is 4.02. The summed E-state index contributed by atoms with van der Waals surface area (Å²) in [4.78, 5) is 0. The van der Waals surface area contributed by atoms with Crippen molar-refractivity contribution in [3.63, 3.8) is 0 Å². The molecule has 1 unspecified atom stereocenters. The summed E-state index contributed by atoms with van der Waals surface area (Å²) < 4.78 is 0. The summed E-state index contributed by atoms with van der Waals surface area (Å²) in [6.45, 7) is 0. The lowest BCUT2D eigenvalue weighted by atomic mass is 10.00. The van der Waals surface area contributed by atoms with Crippen LogP contribution in [0.4, 0.5) is 0 Å². The van der Waals surface area contributed by atoms with Gasteiger partial charge >= 0.3 is 0 Å². The number of nitrogens with two attached hydrogens (primary N) is 1. The highest BCUT2D eigenvalue weighted by molar-refractivity contribution is 7.99. The van der Waals surface area contributed by atoms with Gasteiger partial charge in [0.05, 0.1) is 0 Å². The topological polar surface area (TPSA) is 26.0 Å². The van der Waals surface area contributed by atoms with Crippen molar-refractivity contribution in [2.24, 2.45) is 5.73 Å². The fraction of sp³-hybridized carbons (Fsp3) is 0.474. The van der Waals surface area contributed by atoms with Gasteiger partial charge in [0, 0.05) is 17.0 Å². The summed E-state index contributed by atoms with van der Waals surface area (Å²) in [5.41, 5.74) is 7.79. The Morgan fingerprint density at radius 3 is 2.62 bits per heavy atom. The van der Waals surface area contributed by atoms with Gasteiger partial charge in [-0.15, -0.1) is 0 Å². The van der Waals surface area contributed by atoms with Gasteiger partial charge < -0.3 is 5.73 Å². The monoisotopic (exact) mass is 299 g/mol. The number of thioether (sulfide) groups is 1. The van der Waals surface area contributed by atoms with Crippen LogP contribution in [0.1, 0.15) is 37.7 Å². The van der Waals surface area contributed by atoms with Gasteiger partial charge in [0.1, 0.15) is 0 Å². The minimum Gasteiger partial charge on any atom is -0.327 e. The zero-order chi connectivity index (χ0) is 14.5. The molecule has 0 heterocycles. The first-order chi connectivity index (χ1) is 10.3. The van der Waals surface area contributed by atoms with Gasteiger partial charge in [-0.25, -0.2) is 0 Å². The molecular weight excluding hydrogens is 274 g/mol. The van der Waals surface area contributed by atoms with Crippen molar-refractivity contribution in [2.75, 3.05) is 5.75 Å². The lowest BCUT2D eigenvalue weighted by Gasteiger charge is -2.22. The van der Waals surface area contributed by atoms with Crippen molar-refractivity contribution in [2.45, 2.75) is 49.8 Å². The molecule has 2 heteroatoms. The number of fused-ring (bicyclic) bond motifs is 1. The average molecular weight is 299 g/mol. The van der Waals surface area contributed by atoms with E-state index in [1.807, 2.05) is 0 Å². The first-order valence-electron chi connectivity index (χ1n) is 8.17. The van der Waals surface area contributed by atoms with Gasteiger partial charge in [-0.3, -0.25) is 0 Å². The standard InChI is InChI=1S/C19H25NS/c20-17(14-21-18-10-2-1-3-11-18)13-16-9-6-8-15-7-4-5-12-19(15)16/h4-9,12,17-18H,1-3,10-11,13-14,20H2. The Kier molecular flexibility index (Phi) is 5.21. The third-order valence-corrected chi connectivity index (χ3v) is 6.02. The molecule has 2 N–H and O–H groups in total. The van der Waals surface area contributed by atoms with E-state index in [0.29, 0.717) is 0 Å². The molecule has 1 aliphatic carbocycles. The van der Waals surface area contributed by atoms with Crippen molar-refractivity contribution >= 4 is 22.5 Å². The Labute approximate surface area is 132 Å². The summed E-state index contributed by atoms with van der Waals surface area (Å²) in [6.07, 6.45) is 8.03. The molecule has 3 rings (SSSR count). The smallest absolute Gasteiger partial charge is 0.0171 e. The molecule has 1 saturated carbocycles. The normalized spacial score (nSPS) is 18.0. The summed E-state index contributed by atoms with van der Waals surface area (Å²) in [7, 11) is 0. The van der Waals surface area contributed by atoms with Gasteiger partial charge in [-0.05, 0) is 35.6 Å². The highest BCUT2D eigenvalue weighted by Gasteiger charge is 2.15. The van der Waals surface area contributed by atoms with Crippen molar-refractivity contribution in [1.29, 1.82) is 0 Å². The summed E-state index contributed by atoms with van der Waals surface area (Å²) in [5.74, 6) is 1.09. The van der Waals surface area contributed by atoms with Crippen LogP contribution in [0.15, 0.2) is 42.5 Å². The molecule has 1 fully saturated rings. The Balaban J connectivity index is 1.59. The number of hydrogen-bond donors (Lipinski definition) is 1. The predicted molar refractivity (Wildman–Crippen MR) is 95.0 cm³/mol. The molecule has 2 aromatic carbocycles. The first kappa shape index (κ1) is 14.9. The maximum absolute atomic E-state index is 6.39. The molecule has 0 bridgehead atoms. The SMILES string of the molecule is NC(CSC1CCCCC1)Cc1cccc2ccccc12. The molecule has 0 aromatic heterocycles.